The Hall–Kier alpha value is -7.27. The number of nitrogens with one attached hydrogen (secondary N) is 3. The smallest absolute Gasteiger partial charge is 0.345 e. The van der Waals surface area contributed by atoms with Gasteiger partial charge in [0, 0.05) is 99.0 Å². The molecule has 3 rings (SSSR count). The van der Waals surface area contributed by atoms with E-state index in [1.54, 1.807) is 0 Å². The maximum atomic E-state index is 13.5. The number of allylic oxidation sites excluding steroid dienone is 9. The summed E-state index contributed by atoms with van der Waals surface area (Å²) in [6.45, 7) is 15.2. The summed E-state index contributed by atoms with van der Waals surface area (Å²) in [6, 6.07) is 6.63. The molecule has 0 atom stereocenters. The quantitative estimate of drug-likeness (QED) is 0.0194. The van der Waals surface area contributed by atoms with E-state index in [1.807, 2.05) is 41.5 Å². The topological polar surface area (TPSA) is 352 Å². The number of methoxy groups -OCH3 is 6. The van der Waals surface area contributed by atoms with Crippen LogP contribution in [0.15, 0.2) is 67.2 Å². The highest BCUT2D eigenvalue weighted by Gasteiger charge is 2.40. The van der Waals surface area contributed by atoms with Crippen molar-refractivity contribution in [3.8, 4) is 18.2 Å². The predicted octanol–water partition coefficient (Wildman–Crippen LogP) is 3.93. The Bertz CT molecular complexity index is 2480. The van der Waals surface area contributed by atoms with Crippen molar-refractivity contribution in [1.82, 2.24) is 20.9 Å². The summed E-state index contributed by atoms with van der Waals surface area (Å²) in [4.78, 5) is 83.0. The van der Waals surface area contributed by atoms with E-state index in [-0.39, 0.29) is 208 Å². The lowest BCUT2D eigenvalue weighted by molar-refractivity contribution is -0.150. The Morgan fingerprint density at radius 1 is 0.340 bits per heavy atom. The van der Waals surface area contributed by atoms with Crippen LogP contribution in [0, 0.1) is 50.2 Å². The third-order valence-corrected chi connectivity index (χ3v) is 14.7. The van der Waals surface area contributed by atoms with Crippen LogP contribution < -0.4 is 16.0 Å². The second kappa shape index (κ2) is 43.7. The van der Waals surface area contributed by atoms with E-state index in [1.165, 1.54) is 42.7 Å². The van der Waals surface area contributed by atoms with Crippen LogP contribution in [-0.2, 0) is 99.8 Å². The van der Waals surface area contributed by atoms with Gasteiger partial charge in [-0.15, -0.1) is 0 Å². The van der Waals surface area contributed by atoms with Crippen molar-refractivity contribution >= 4 is 35.8 Å². The van der Waals surface area contributed by atoms with Gasteiger partial charge in [-0.3, -0.25) is 4.90 Å². The van der Waals surface area contributed by atoms with Crippen LogP contribution in [0.1, 0.15) is 80.1 Å². The fourth-order valence-corrected chi connectivity index (χ4v) is 10.4. The van der Waals surface area contributed by atoms with E-state index < -0.39 is 52.1 Å². The lowest BCUT2D eigenvalue weighted by Crippen LogP contribution is -2.36. The summed E-state index contributed by atoms with van der Waals surface area (Å²) in [5, 5.41) is 41.6. The summed E-state index contributed by atoms with van der Waals surface area (Å²) in [5.41, 5.74) is 0.0541. The molecule has 0 saturated heterocycles. The zero-order valence-electron chi connectivity index (χ0n) is 57.1. The number of esters is 6. The van der Waals surface area contributed by atoms with E-state index >= 15 is 0 Å². The molecule has 3 N–H and O–H groups in total. The van der Waals surface area contributed by atoms with Crippen molar-refractivity contribution in [3.63, 3.8) is 0 Å². The second-order valence-electron chi connectivity index (χ2n) is 24.2. The largest absolute Gasteiger partial charge is 0.459 e. The average Bonchev–Trinajstić information content (AvgIpc) is 0.800. The monoisotopic (exact) mass is 1330 g/mol. The summed E-state index contributed by atoms with van der Waals surface area (Å²) in [7, 11) is 8.69. The van der Waals surface area contributed by atoms with Gasteiger partial charge in [0.25, 0.3) is 0 Å². The molecule has 0 amide bonds. The molecule has 0 aromatic carbocycles. The Labute approximate surface area is 553 Å². The van der Waals surface area contributed by atoms with Crippen LogP contribution >= 0.6 is 0 Å². The van der Waals surface area contributed by atoms with Crippen LogP contribution in [0.2, 0.25) is 0 Å². The molecular weight excluding hydrogens is 1230 g/mol. The molecule has 0 fully saturated rings. The van der Waals surface area contributed by atoms with Gasteiger partial charge in [-0.1, -0.05) is 41.5 Å². The molecule has 94 heavy (non-hydrogen) atoms. The minimum Gasteiger partial charge on any atom is -0.459 e. The first-order valence-corrected chi connectivity index (χ1v) is 31.3. The van der Waals surface area contributed by atoms with Gasteiger partial charge in [0.1, 0.15) is 74.6 Å². The highest BCUT2D eigenvalue weighted by molar-refractivity contribution is 6.17. The highest BCUT2D eigenvalue weighted by Crippen LogP contribution is 2.45. The molecule has 28 nitrogen and oxygen atoms in total. The number of carbonyl (C=O) groups is 6. The van der Waals surface area contributed by atoms with Crippen molar-refractivity contribution in [2.45, 2.75) is 80.1 Å². The summed E-state index contributed by atoms with van der Waals surface area (Å²) < 4.78 is 80.8. The first-order valence-electron chi connectivity index (χ1n) is 31.3. The number of ether oxygens (including phenoxy) is 15. The lowest BCUT2D eigenvalue weighted by atomic mass is 9.72. The average molecular weight is 1330 g/mol. The Kier molecular flexibility index (Phi) is 37.6. The van der Waals surface area contributed by atoms with Crippen LogP contribution in [0.3, 0.4) is 0 Å². The predicted molar refractivity (Wildman–Crippen MR) is 338 cm³/mol. The maximum Gasteiger partial charge on any atom is 0.345 e. The molecule has 0 heterocycles. The molecule has 0 radical (unpaired) electrons. The lowest BCUT2D eigenvalue weighted by Gasteiger charge is -2.34. The molecular formula is C66H99N7O21. The van der Waals surface area contributed by atoms with Crippen LogP contribution in [0.4, 0.5) is 0 Å². The van der Waals surface area contributed by atoms with Crippen molar-refractivity contribution in [1.29, 1.82) is 15.8 Å². The van der Waals surface area contributed by atoms with E-state index in [2.05, 4.69) is 39.1 Å². The molecule has 0 saturated carbocycles. The first kappa shape index (κ1) is 81.0. The number of hydrogen-bond donors (Lipinski definition) is 3. The van der Waals surface area contributed by atoms with E-state index in [9.17, 15) is 44.6 Å². The minimum absolute atomic E-state index is 0.0920. The molecule has 0 unspecified atom stereocenters. The third kappa shape index (κ3) is 28.0. The Morgan fingerprint density at radius 2 is 0.553 bits per heavy atom. The molecule has 3 aliphatic carbocycles. The first-order chi connectivity index (χ1) is 45.0. The SMILES string of the molecule is COCCOC(=O)C(C(=O)OCCOC)=C1CC(C)(C)CC(NCCOCCN(CCOCCNC2=C(C#N)C(=C(C(=O)OCCOC)C(=O)OCCOC)CC(C)(C)C2)CCOCCNC2=C(C#N)C(=C(C(=O)OCCOC)C(=O)OCCOC)CC(C)(C)C2)=C1C#N. The Morgan fingerprint density at radius 3 is 0.745 bits per heavy atom. The van der Waals surface area contributed by atoms with Gasteiger partial charge in [0.05, 0.1) is 96.0 Å². The second-order valence-corrected chi connectivity index (χ2v) is 24.2. The zero-order valence-corrected chi connectivity index (χ0v) is 57.1. The molecule has 0 bridgehead atoms. The molecule has 28 heteroatoms. The normalized spacial score (nSPS) is 15.7. The third-order valence-electron chi connectivity index (χ3n) is 14.7. The van der Waals surface area contributed by atoms with Crippen molar-refractivity contribution in [3.05, 3.63) is 67.2 Å². The minimum atomic E-state index is -0.933. The fourth-order valence-electron chi connectivity index (χ4n) is 10.4. The fraction of sp³-hybridized carbons (Fsp3) is 0.682. The van der Waals surface area contributed by atoms with Gasteiger partial charge >= 0.3 is 35.8 Å². The molecule has 0 spiro atoms. The van der Waals surface area contributed by atoms with Gasteiger partial charge in [0.15, 0.2) is 0 Å². The molecule has 0 aromatic rings. The summed E-state index contributed by atoms with van der Waals surface area (Å²) >= 11 is 0. The van der Waals surface area contributed by atoms with Crippen molar-refractivity contribution < 1.29 is 99.8 Å². The van der Waals surface area contributed by atoms with Gasteiger partial charge in [-0.2, -0.15) is 15.8 Å². The number of hydrogen-bond acceptors (Lipinski definition) is 28. The summed E-state index contributed by atoms with van der Waals surface area (Å²) in [6.07, 6.45) is 1.95. The number of nitrogens with zero attached hydrogens (tertiary/aromatic N) is 4. The number of rotatable bonds is 45. The standard InChI is InChI=1S/C66H99N7O21/c1-64(2)37-46(55(58(74)89-31-25-80-7)59(75)90-32-26-81-8)49(43-67)52(40-64)70-13-19-86-22-16-73(17-23-87-20-14-71-53-41-65(3,4)38-47(50(53)44-68)56(60(76)91-33-27-82-9)61(77)92-34-28-83-10)18-24-88-21-15-72-54-42-66(5,6)39-48(51(54)45-69)57(62(78)93-35-29-84-11)63(79)94-36-30-85-12/h70-72H,13-42H2,1-12H3. The van der Waals surface area contributed by atoms with Crippen LogP contribution in [0.25, 0.3) is 0 Å². The van der Waals surface area contributed by atoms with Crippen molar-refractivity contribution in [2.24, 2.45) is 16.2 Å². The van der Waals surface area contributed by atoms with Crippen molar-refractivity contribution in [2.75, 3.05) is 201 Å². The van der Waals surface area contributed by atoms with Gasteiger partial charge in [0.2, 0.25) is 0 Å². The molecule has 0 aromatic heterocycles. The maximum absolute atomic E-state index is 13.5. The van der Waals surface area contributed by atoms with E-state index in [0.717, 1.165) is 0 Å². The van der Waals surface area contributed by atoms with Crippen LogP contribution in [0.5, 0.6) is 0 Å². The Balaban J connectivity index is 1.84. The summed E-state index contributed by atoms with van der Waals surface area (Å²) in [5.74, 6) is -5.60. The van der Waals surface area contributed by atoms with Gasteiger partial charge in [-0.25, -0.2) is 28.8 Å². The zero-order chi connectivity index (χ0) is 69.5. The van der Waals surface area contributed by atoms with Gasteiger partial charge in [-0.05, 0) is 71.5 Å². The number of carbonyl (C=O) groups excluding carboxylic acids is 6. The highest BCUT2D eigenvalue weighted by atomic mass is 16.6. The van der Waals surface area contributed by atoms with Crippen LogP contribution in [-0.4, -0.2) is 242 Å². The van der Waals surface area contributed by atoms with E-state index in [0.29, 0.717) is 56.0 Å². The van der Waals surface area contributed by atoms with E-state index in [4.69, 9.17) is 71.1 Å². The molecule has 524 valence electrons. The van der Waals surface area contributed by atoms with Gasteiger partial charge < -0.3 is 87.0 Å². The molecule has 0 aliphatic heterocycles. The number of nitriles is 3. The molecule has 3 aliphatic rings.